The van der Waals surface area contributed by atoms with E-state index in [2.05, 4.69) is 10.6 Å². The summed E-state index contributed by atoms with van der Waals surface area (Å²) in [6.07, 6.45) is 0.261. The number of hydrogen-bond donors (Lipinski definition) is 2. The van der Waals surface area contributed by atoms with Crippen LogP contribution in [0.1, 0.15) is 22.3 Å². The van der Waals surface area contributed by atoms with Crippen molar-refractivity contribution in [2.24, 2.45) is 0 Å². The van der Waals surface area contributed by atoms with Gasteiger partial charge in [0.25, 0.3) is 0 Å². The molecule has 0 heterocycles. The van der Waals surface area contributed by atoms with Crippen LogP contribution in [0.5, 0.6) is 0 Å². The molecule has 5 nitrogen and oxygen atoms in total. The van der Waals surface area contributed by atoms with Crippen LogP contribution in [-0.2, 0) is 9.53 Å². The van der Waals surface area contributed by atoms with Gasteiger partial charge in [-0.1, -0.05) is 23.7 Å². The maximum atomic E-state index is 12.1. The Morgan fingerprint density at radius 2 is 1.88 bits per heavy atom. The van der Waals surface area contributed by atoms with E-state index in [1.165, 1.54) is 7.11 Å². The van der Waals surface area contributed by atoms with Gasteiger partial charge in [-0.15, -0.1) is 0 Å². The predicted molar refractivity (Wildman–Crippen MR) is 95.7 cm³/mol. The lowest BCUT2D eigenvalue weighted by atomic mass is 10.1. The van der Waals surface area contributed by atoms with Crippen molar-refractivity contribution in [3.8, 4) is 0 Å². The number of anilines is 2. The van der Waals surface area contributed by atoms with E-state index in [4.69, 9.17) is 16.3 Å². The standard InChI is InChI=1S/C18H19ClN2O3/c1-12-11-13(19)7-8-15(12)20-10-9-17(22)21-16-6-4-3-5-14(16)18(23)24-2/h3-8,11,20H,9-10H2,1-2H3,(H,21,22). The highest BCUT2D eigenvalue weighted by molar-refractivity contribution is 6.30. The molecule has 0 saturated heterocycles. The first-order valence-corrected chi connectivity index (χ1v) is 7.86. The number of amides is 1. The van der Waals surface area contributed by atoms with Crippen molar-refractivity contribution in [3.05, 3.63) is 58.6 Å². The molecule has 2 aromatic carbocycles. The Morgan fingerprint density at radius 3 is 2.58 bits per heavy atom. The minimum absolute atomic E-state index is 0.189. The van der Waals surface area contributed by atoms with E-state index in [0.29, 0.717) is 22.8 Å². The number of aryl methyl sites for hydroxylation is 1. The zero-order chi connectivity index (χ0) is 17.5. The quantitative estimate of drug-likeness (QED) is 0.779. The molecule has 0 saturated carbocycles. The van der Waals surface area contributed by atoms with E-state index < -0.39 is 5.97 Å². The number of esters is 1. The van der Waals surface area contributed by atoms with Crippen molar-refractivity contribution >= 4 is 34.9 Å². The third kappa shape index (κ3) is 4.73. The van der Waals surface area contributed by atoms with Gasteiger partial charge in [0.05, 0.1) is 18.4 Å². The van der Waals surface area contributed by atoms with Crippen LogP contribution >= 0.6 is 11.6 Å². The highest BCUT2D eigenvalue weighted by Gasteiger charge is 2.13. The highest BCUT2D eigenvalue weighted by atomic mass is 35.5. The third-order valence-corrected chi connectivity index (χ3v) is 3.70. The molecule has 1 amide bonds. The summed E-state index contributed by atoms with van der Waals surface area (Å²) < 4.78 is 4.71. The van der Waals surface area contributed by atoms with Gasteiger partial charge in [-0.2, -0.15) is 0 Å². The van der Waals surface area contributed by atoms with Crippen molar-refractivity contribution < 1.29 is 14.3 Å². The van der Waals surface area contributed by atoms with E-state index in [1.807, 2.05) is 19.1 Å². The summed E-state index contributed by atoms with van der Waals surface area (Å²) in [6, 6.07) is 12.3. The van der Waals surface area contributed by atoms with Crippen molar-refractivity contribution in [3.63, 3.8) is 0 Å². The fraction of sp³-hybridized carbons (Fsp3) is 0.222. The van der Waals surface area contributed by atoms with E-state index in [9.17, 15) is 9.59 Å². The molecule has 0 fully saturated rings. The van der Waals surface area contributed by atoms with Crippen LogP contribution in [0.15, 0.2) is 42.5 Å². The summed E-state index contributed by atoms with van der Waals surface area (Å²) in [5, 5.41) is 6.61. The molecule has 6 heteroatoms. The number of para-hydroxylation sites is 1. The van der Waals surface area contributed by atoms with Crippen LogP contribution in [0.25, 0.3) is 0 Å². The van der Waals surface area contributed by atoms with E-state index >= 15 is 0 Å². The van der Waals surface area contributed by atoms with Crippen LogP contribution < -0.4 is 10.6 Å². The fourth-order valence-electron chi connectivity index (χ4n) is 2.23. The monoisotopic (exact) mass is 346 g/mol. The maximum absolute atomic E-state index is 12.1. The second-order valence-corrected chi connectivity index (χ2v) is 5.66. The van der Waals surface area contributed by atoms with Crippen molar-refractivity contribution in [2.45, 2.75) is 13.3 Å². The molecule has 0 spiro atoms. The maximum Gasteiger partial charge on any atom is 0.339 e. The molecule has 0 atom stereocenters. The zero-order valence-corrected chi connectivity index (χ0v) is 14.3. The molecule has 2 rings (SSSR count). The van der Waals surface area contributed by atoms with Gasteiger partial charge in [0, 0.05) is 23.7 Å². The lowest BCUT2D eigenvalue weighted by Crippen LogP contribution is -2.18. The molecule has 0 aliphatic carbocycles. The number of halogens is 1. The van der Waals surface area contributed by atoms with E-state index in [1.54, 1.807) is 30.3 Å². The summed E-state index contributed by atoms with van der Waals surface area (Å²) in [6.45, 7) is 2.41. The molecule has 0 bridgehead atoms. The number of carbonyl (C=O) groups excluding carboxylic acids is 2. The molecule has 0 aromatic heterocycles. The third-order valence-electron chi connectivity index (χ3n) is 3.46. The van der Waals surface area contributed by atoms with Crippen LogP contribution in [0.4, 0.5) is 11.4 Å². The normalized spacial score (nSPS) is 10.1. The van der Waals surface area contributed by atoms with Gasteiger partial charge in [0.1, 0.15) is 0 Å². The first kappa shape index (κ1) is 17.8. The summed E-state index contributed by atoms with van der Waals surface area (Å²) in [4.78, 5) is 23.8. The Kier molecular flexibility index (Phi) is 6.21. The lowest BCUT2D eigenvalue weighted by Gasteiger charge is -2.11. The second kappa shape index (κ2) is 8.36. The molecule has 2 aromatic rings. The van der Waals surface area contributed by atoms with Gasteiger partial charge in [-0.3, -0.25) is 4.79 Å². The zero-order valence-electron chi connectivity index (χ0n) is 13.6. The van der Waals surface area contributed by atoms with Crippen molar-refractivity contribution in [2.75, 3.05) is 24.3 Å². The topological polar surface area (TPSA) is 67.4 Å². The lowest BCUT2D eigenvalue weighted by molar-refractivity contribution is -0.115. The minimum atomic E-state index is -0.485. The molecule has 0 aliphatic heterocycles. The first-order valence-electron chi connectivity index (χ1n) is 7.48. The molecule has 0 radical (unpaired) electrons. The Labute approximate surface area is 146 Å². The number of ether oxygens (including phenoxy) is 1. The van der Waals surface area contributed by atoms with Crippen molar-refractivity contribution in [1.29, 1.82) is 0 Å². The number of benzene rings is 2. The summed E-state index contributed by atoms with van der Waals surface area (Å²) >= 11 is 5.91. The molecule has 0 unspecified atom stereocenters. The average Bonchev–Trinajstić information content (AvgIpc) is 2.56. The fourth-order valence-corrected chi connectivity index (χ4v) is 2.46. The molecular formula is C18H19ClN2O3. The number of carbonyl (C=O) groups is 2. The Hall–Kier alpha value is -2.53. The van der Waals surface area contributed by atoms with Crippen LogP contribution in [0.2, 0.25) is 5.02 Å². The van der Waals surface area contributed by atoms with E-state index in [0.717, 1.165) is 11.3 Å². The summed E-state index contributed by atoms with van der Waals surface area (Å²) in [5.74, 6) is -0.675. The van der Waals surface area contributed by atoms with Crippen LogP contribution in [0.3, 0.4) is 0 Å². The minimum Gasteiger partial charge on any atom is -0.465 e. The number of nitrogens with one attached hydrogen (secondary N) is 2. The predicted octanol–water partition coefficient (Wildman–Crippen LogP) is 3.88. The van der Waals surface area contributed by atoms with Gasteiger partial charge in [-0.25, -0.2) is 4.79 Å². The Balaban J connectivity index is 1.91. The molecule has 24 heavy (non-hydrogen) atoms. The highest BCUT2D eigenvalue weighted by Crippen LogP contribution is 2.20. The molecule has 2 N–H and O–H groups in total. The van der Waals surface area contributed by atoms with Crippen LogP contribution in [-0.4, -0.2) is 25.5 Å². The number of hydrogen-bond acceptors (Lipinski definition) is 4. The van der Waals surface area contributed by atoms with Crippen molar-refractivity contribution in [1.82, 2.24) is 0 Å². The Bertz CT molecular complexity index is 747. The van der Waals surface area contributed by atoms with Crippen LogP contribution in [0, 0.1) is 6.92 Å². The van der Waals surface area contributed by atoms with Gasteiger partial charge in [-0.05, 0) is 42.8 Å². The van der Waals surface area contributed by atoms with Gasteiger partial charge in [0.15, 0.2) is 0 Å². The summed E-state index contributed by atoms with van der Waals surface area (Å²) in [7, 11) is 1.30. The first-order chi connectivity index (χ1) is 11.5. The van der Waals surface area contributed by atoms with E-state index in [-0.39, 0.29) is 12.3 Å². The molecule has 0 aliphatic rings. The number of methoxy groups -OCH3 is 1. The van der Waals surface area contributed by atoms with Gasteiger partial charge >= 0.3 is 5.97 Å². The SMILES string of the molecule is COC(=O)c1ccccc1NC(=O)CCNc1ccc(Cl)cc1C. The largest absolute Gasteiger partial charge is 0.465 e. The summed E-state index contributed by atoms with van der Waals surface area (Å²) in [5.41, 5.74) is 2.72. The smallest absolute Gasteiger partial charge is 0.339 e. The van der Waals surface area contributed by atoms with Gasteiger partial charge < -0.3 is 15.4 Å². The average molecular weight is 347 g/mol. The second-order valence-electron chi connectivity index (χ2n) is 5.22. The van der Waals surface area contributed by atoms with Gasteiger partial charge in [0.2, 0.25) is 5.91 Å². The molecular weight excluding hydrogens is 328 g/mol. The number of rotatable bonds is 6. The Morgan fingerprint density at radius 1 is 1.12 bits per heavy atom. The molecule has 126 valence electrons.